The van der Waals surface area contributed by atoms with Gasteiger partial charge in [-0.05, 0) is 29.3 Å². The van der Waals surface area contributed by atoms with Crippen LogP contribution in [0.1, 0.15) is 33.8 Å². The Balaban J connectivity index is 1.42. The van der Waals surface area contributed by atoms with Crippen LogP contribution in [-0.2, 0) is 4.79 Å². The zero-order valence-electron chi connectivity index (χ0n) is 17.6. The maximum Gasteiger partial charge on any atom is 0.255 e. The standard InChI is InChI=1S/C26H24ClFN2O2/c27-24-17-21(28)11-12-22(24)26(32)30-15-13-29(14-16-30)25(31)18-23(19-7-3-1-4-8-19)20-9-5-2-6-10-20/h1-12,17,23H,13-16,18H2. The maximum atomic E-state index is 13.3. The number of nitrogens with zero attached hydrogens (tertiary/aromatic N) is 2. The third-order valence-corrected chi connectivity index (χ3v) is 6.18. The van der Waals surface area contributed by atoms with E-state index in [1.807, 2.05) is 65.6 Å². The van der Waals surface area contributed by atoms with Gasteiger partial charge in [0.1, 0.15) is 5.82 Å². The lowest BCUT2D eigenvalue weighted by atomic mass is 9.88. The third kappa shape index (κ3) is 5.00. The lowest BCUT2D eigenvalue weighted by molar-refractivity contribution is -0.132. The molecule has 1 saturated heterocycles. The summed E-state index contributed by atoms with van der Waals surface area (Å²) in [6.45, 7) is 1.75. The molecular weight excluding hydrogens is 427 g/mol. The lowest BCUT2D eigenvalue weighted by Gasteiger charge is -2.35. The smallest absolute Gasteiger partial charge is 0.255 e. The Bertz CT molecular complexity index is 1040. The summed E-state index contributed by atoms with van der Waals surface area (Å²) >= 11 is 6.04. The van der Waals surface area contributed by atoms with Gasteiger partial charge in [-0.3, -0.25) is 9.59 Å². The molecule has 0 bridgehead atoms. The van der Waals surface area contributed by atoms with Crippen molar-refractivity contribution in [3.8, 4) is 0 Å². The second kappa shape index (κ2) is 9.96. The molecule has 0 aromatic heterocycles. The molecule has 1 heterocycles. The monoisotopic (exact) mass is 450 g/mol. The van der Waals surface area contributed by atoms with Crippen molar-refractivity contribution in [3.05, 3.63) is 106 Å². The average Bonchev–Trinajstić information content (AvgIpc) is 2.83. The van der Waals surface area contributed by atoms with Gasteiger partial charge in [-0.25, -0.2) is 4.39 Å². The second-order valence-corrected chi connectivity index (χ2v) is 8.28. The molecule has 0 saturated carbocycles. The Labute approximate surface area is 192 Å². The Kier molecular flexibility index (Phi) is 6.86. The number of carbonyl (C=O) groups excluding carboxylic acids is 2. The molecule has 1 aliphatic rings. The summed E-state index contributed by atoms with van der Waals surface area (Å²) in [6.07, 6.45) is 0.367. The minimum absolute atomic E-state index is 0.0254. The SMILES string of the molecule is O=C(CC(c1ccccc1)c1ccccc1)N1CCN(C(=O)c2ccc(F)cc2Cl)CC1. The van der Waals surface area contributed by atoms with Crippen LogP contribution >= 0.6 is 11.6 Å². The van der Waals surface area contributed by atoms with Crippen LogP contribution in [0.15, 0.2) is 78.9 Å². The fraction of sp³-hybridized carbons (Fsp3) is 0.231. The fourth-order valence-corrected chi connectivity index (χ4v) is 4.34. The number of halogens is 2. The van der Waals surface area contributed by atoms with Crippen LogP contribution in [0.2, 0.25) is 5.02 Å². The number of hydrogen-bond donors (Lipinski definition) is 0. The van der Waals surface area contributed by atoms with Gasteiger partial charge in [0.05, 0.1) is 10.6 Å². The predicted octanol–water partition coefficient (Wildman–Crippen LogP) is 4.99. The first kappa shape index (κ1) is 22.0. The van der Waals surface area contributed by atoms with Gasteiger partial charge >= 0.3 is 0 Å². The molecule has 32 heavy (non-hydrogen) atoms. The number of piperazine rings is 1. The quantitative estimate of drug-likeness (QED) is 0.549. The van der Waals surface area contributed by atoms with Crippen molar-refractivity contribution in [2.45, 2.75) is 12.3 Å². The van der Waals surface area contributed by atoms with Gasteiger partial charge in [0.15, 0.2) is 0 Å². The minimum atomic E-state index is -0.478. The van der Waals surface area contributed by atoms with Gasteiger partial charge < -0.3 is 9.80 Å². The molecule has 0 radical (unpaired) electrons. The first-order valence-corrected chi connectivity index (χ1v) is 11.0. The highest BCUT2D eigenvalue weighted by Crippen LogP contribution is 2.29. The maximum absolute atomic E-state index is 13.3. The highest BCUT2D eigenvalue weighted by Gasteiger charge is 2.28. The van der Waals surface area contributed by atoms with Gasteiger partial charge in [0, 0.05) is 38.5 Å². The summed E-state index contributed by atoms with van der Waals surface area (Å²) in [7, 11) is 0. The average molecular weight is 451 g/mol. The molecule has 0 unspecified atom stereocenters. The molecule has 0 aliphatic carbocycles. The van der Waals surface area contributed by atoms with Gasteiger partial charge in [-0.2, -0.15) is 0 Å². The molecule has 1 fully saturated rings. The van der Waals surface area contributed by atoms with Crippen LogP contribution in [0.3, 0.4) is 0 Å². The van der Waals surface area contributed by atoms with E-state index in [1.165, 1.54) is 12.1 Å². The summed E-state index contributed by atoms with van der Waals surface area (Å²) in [4.78, 5) is 29.4. The van der Waals surface area contributed by atoms with E-state index >= 15 is 0 Å². The molecular formula is C26H24ClFN2O2. The first-order chi connectivity index (χ1) is 15.5. The Morgan fingerprint density at radius 3 is 1.88 bits per heavy atom. The zero-order chi connectivity index (χ0) is 22.5. The summed E-state index contributed by atoms with van der Waals surface area (Å²) in [5, 5.41) is 0.0991. The van der Waals surface area contributed by atoms with Crippen LogP contribution in [-0.4, -0.2) is 47.8 Å². The zero-order valence-corrected chi connectivity index (χ0v) is 18.3. The largest absolute Gasteiger partial charge is 0.339 e. The Morgan fingerprint density at radius 2 is 1.34 bits per heavy atom. The van der Waals surface area contributed by atoms with Gasteiger partial charge in [0.2, 0.25) is 5.91 Å². The number of benzene rings is 3. The summed E-state index contributed by atoms with van der Waals surface area (Å²) in [5.74, 6) is -0.681. The van der Waals surface area contributed by atoms with Gasteiger partial charge in [-0.1, -0.05) is 72.3 Å². The Hall–Kier alpha value is -3.18. The summed E-state index contributed by atoms with van der Waals surface area (Å²) in [5.41, 5.74) is 2.49. The number of amides is 2. The fourth-order valence-electron chi connectivity index (χ4n) is 4.09. The van der Waals surface area contributed by atoms with Crippen LogP contribution in [0.5, 0.6) is 0 Å². The Morgan fingerprint density at radius 1 is 0.812 bits per heavy atom. The van der Waals surface area contributed by atoms with Crippen molar-refractivity contribution in [2.24, 2.45) is 0 Å². The highest BCUT2D eigenvalue weighted by atomic mass is 35.5. The molecule has 0 atom stereocenters. The molecule has 3 aromatic carbocycles. The summed E-state index contributed by atoms with van der Waals surface area (Å²) < 4.78 is 13.3. The van der Waals surface area contributed by atoms with E-state index in [2.05, 4.69) is 0 Å². The molecule has 0 N–H and O–H groups in total. The molecule has 3 aromatic rings. The second-order valence-electron chi connectivity index (χ2n) is 7.88. The van der Waals surface area contributed by atoms with E-state index in [-0.39, 0.29) is 28.3 Å². The van der Waals surface area contributed by atoms with Gasteiger partial charge in [-0.15, -0.1) is 0 Å². The van der Waals surface area contributed by atoms with E-state index in [0.717, 1.165) is 17.2 Å². The van der Waals surface area contributed by atoms with Crippen molar-refractivity contribution in [2.75, 3.05) is 26.2 Å². The van der Waals surface area contributed by atoms with Crippen molar-refractivity contribution >= 4 is 23.4 Å². The van der Waals surface area contributed by atoms with Crippen molar-refractivity contribution in [3.63, 3.8) is 0 Å². The number of carbonyl (C=O) groups is 2. The van der Waals surface area contributed by atoms with Crippen LogP contribution in [0.4, 0.5) is 4.39 Å². The van der Waals surface area contributed by atoms with Crippen molar-refractivity contribution in [1.29, 1.82) is 0 Å². The minimum Gasteiger partial charge on any atom is -0.339 e. The van der Waals surface area contributed by atoms with Gasteiger partial charge in [0.25, 0.3) is 5.91 Å². The van der Waals surface area contributed by atoms with E-state index in [0.29, 0.717) is 32.6 Å². The van der Waals surface area contributed by atoms with Crippen LogP contribution in [0, 0.1) is 5.82 Å². The topological polar surface area (TPSA) is 40.6 Å². The first-order valence-electron chi connectivity index (χ1n) is 10.6. The predicted molar refractivity (Wildman–Crippen MR) is 123 cm³/mol. The van der Waals surface area contributed by atoms with Crippen molar-refractivity contribution < 1.29 is 14.0 Å². The van der Waals surface area contributed by atoms with E-state index in [4.69, 9.17) is 11.6 Å². The molecule has 6 heteroatoms. The molecule has 2 amide bonds. The summed E-state index contributed by atoms with van der Waals surface area (Å²) in [6, 6.07) is 23.9. The molecule has 4 rings (SSSR count). The molecule has 4 nitrogen and oxygen atoms in total. The third-order valence-electron chi connectivity index (χ3n) is 5.86. The van der Waals surface area contributed by atoms with Crippen LogP contribution in [0.25, 0.3) is 0 Å². The van der Waals surface area contributed by atoms with Crippen LogP contribution < -0.4 is 0 Å². The van der Waals surface area contributed by atoms with Crippen molar-refractivity contribution in [1.82, 2.24) is 9.80 Å². The van der Waals surface area contributed by atoms with E-state index < -0.39 is 5.82 Å². The molecule has 0 spiro atoms. The number of rotatable bonds is 5. The van der Waals surface area contributed by atoms with E-state index in [9.17, 15) is 14.0 Å². The molecule has 164 valence electrons. The highest BCUT2D eigenvalue weighted by molar-refractivity contribution is 6.33. The number of hydrogen-bond acceptors (Lipinski definition) is 2. The normalized spacial score (nSPS) is 14.0. The van der Waals surface area contributed by atoms with E-state index in [1.54, 1.807) is 4.90 Å². The molecule has 1 aliphatic heterocycles. The lowest BCUT2D eigenvalue weighted by Crippen LogP contribution is -2.50.